The second-order valence-electron chi connectivity index (χ2n) is 6.29. The molecule has 0 saturated carbocycles. The van der Waals surface area contributed by atoms with Crippen molar-refractivity contribution in [3.63, 3.8) is 0 Å². The molecule has 0 aliphatic carbocycles. The van der Waals surface area contributed by atoms with E-state index in [2.05, 4.69) is 51.7 Å². The van der Waals surface area contributed by atoms with E-state index in [1.807, 2.05) is 26.0 Å². The molecule has 25 heavy (non-hydrogen) atoms. The Morgan fingerprint density at radius 2 is 1.60 bits per heavy atom. The summed E-state index contributed by atoms with van der Waals surface area (Å²) in [6.07, 6.45) is 0.473. The summed E-state index contributed by atoms with van der Waals surface area (Å²) in [6.45, 7) is 10.3. The van der Waals surface area contributed by atoms with Crippen LogP contribution in [0, 0.1) is 5.92 Å². The Bertz CT molecular complexity index is 663. The van der Waals surface area contributed by atoms with Gasteiger partial charge in [-0.15, -0.1) is 10.2 Å². The van der Waals surface area contributed by atoms with Crippen molar-refractivity contribution in [2.75, 3.05) is 28.6 Å². The summed E-state index contributed by atoms with van der Waals surface area (Å²) in [7, 11) is 0. The lowest BCUT2D eigenvalue weighted by Crippen LogP contribution is -2.21. The van der Waals surface area contributed by atoms with Gasteiger partial charge in [0, 0.05) is 30.9 Å². The number of hydrogen-bond donors (Lipinski definition) is 2. The van der Waals surface area contributed by atoms with Crippen LogP contribution in [-0.2, 0) is 4.79 Å². The molecule has 0 aliphatic rings. The molecule has 0 aliphatic heterocycles. The van der Waals surface area contributed by atoms with Crippen molar-refractivity contribution in [3.05, 3.63) is 36.4 Å². The highest BCUT2D eigenvalue weighted by Crippen LogP contribution is 2.20. The highest BCUT2D eigenvalue weighted by molar-refractivity contribution is 5.89. The third-order valence-corrected chi connectivity index (χ3v) is 3.79. The molecule has 0 spiro atoms. The van der Waals surface area contributed by atoms with Crippen molar-refractivity contribution in [1.82, 2.24) is 10.2 Å². The Morgan fingerprint density at radius 3 is 2.12 bits per heavy atom. The number of rotatable bonds is 8. The molecule has 0 bridgehead atoms. The number of aromatic nitrogens is 2. The fraction of sp³-hybridized carbons (Fsp3) is 0.421. The van der Waals surface area contributed by atoms with E-state index in [9.17, 15) is 4.79 Å². The van der Waals surface area contributed by atoms with Gasteiger partial charge in [0.1, 0.15) is 0 Å². The summed E-state index contributed by atoms with van der Waals surface area (Å²) >= 11 is 0. The van der Waals surface area contributed by atoms with E-state index in [4.69, 9.17) is 0 Å². The predicted molar refractivity (Wildman–Crippen MR) is 103 cm³/mol. The molecule has 2 N–H and O–H groups in total. The molecular weight excluding hydrogens is 314 g/mol. The summed E-state index contributed by atoms with van der Waals surface area (Å²) in [5.41, 5.74) is 2.15. The zero-order valence-electron chi connectivity index (χ0n) is 15.4. The van der Waals surface area contributed by atoms with Crippen LogP contribution in [0.2, 0.25) is 0 Å². The first-order valence-electron chi connectivity index (χ1n) is 8.77. The second kappa shape index (κ2) is 9.01. The summed E-state index contributed by atoms with van der Waals surface area (Å²) in [5.74, 6) is 1.37. The SMILES string of the molecule is CCN(CC)c1ccc(Nc2ccc(NC(=O)CC(C)C)nn2)cc1. The normalized spacial score (nSPS) is 10.6. The minimum absolute atomic E-state index is 0.0444. The van der Waals surface area contributed by atoms with E-state index >= 15 is 0 Å². The fourth-order valence-electron chi connectivity index (χ4n) is 2.52. The first-order valence-corrected chi connectivity index (χ1v) is 8.77. The Hall–Kier alpha value is -2.63. The van der Waals surface area contributed by atoms with Crippen LogP contribution in [0.25, 0.3) is 0 Å². The van der Waals surface area contributed by atoms with Crippen LogP contribution in [-0.4, -0.2) is 29.2 Å². The van der Waals surface area contributed by atoms with Crippen molar-refractivity contribution in [2.45, 2.75) is 34.1 Å². The smallest absolute Gasteiger partial charge is 0.225 e. The molecule has 6 nitrogen and oxygen atoms in total. The largest absolute Gasteiger partial charge is 0.372 e. The maximum Gasteiger partial charge on any atom is 0.225 e. The maximum absolute atomic E-state index is 11.7. The van der Waals surface area contributed by atoms with E-state index in [-0.39, 0.29) is 5.91 Å². The van der Waals surface area contributed by atoms with Crippen molar-refractivity contribution in [3.8, 4) is 0 Å². The Balaban J connectivity index is 1.95. The van der Waals surface area contributed by atoms with E-state index < -0.39 is 0 Å². The number of carbonyl (C=O) groups excluding carboxylic acids is 1. The fourth-order valence-corrected chi connectivity index (χ4v) is 2.52. The lowest BCUT2D eigenvalue weighted by atomic mass is 10.1. The average molecular weight is 341 g/mol. The van der Waals surface area contributed by atoms with Crippen LogP contribution in [0.3, 0.4) is 0 Å². The number of nitrogens with one attached hydrogen (secondary N) is 2. The number of benzene rings is 1. The van der Waals surface area contributed by atoms with Gasteiger partial charge in [-0.3, -0.25) is 4.79 Å². The number of amides is 1. The molecule has 0 fully saturated rings. The van der Waals surface area contributed by atoms with Gasteiger partial charge in [0.2, 0.25) is 5.91 Å². The van der Waals surface area contributed by atoms with Gasteiger partial charge >= 0.3 is 0 Å². The van der Waals surface area contributed by atoms with Crippen LogP contribution in [0.1, 0.15) is 34.1 Å². The number of nitrogens with zero attached hydrogens (tertiary/aromatic N) is 3. The Labute approximate surface area is 149 Å². The topological polar surface area (TPSA) is 70.2 Å². The highest BCUT2D eigenvalue weighted by atomic mass is 16.1. The number of anilines is 4. The van der Waals surface area contributed by atoms with Gasteiger partial charge in [0.25, 0.3) is 0 Å². The van der Waals surface area contributed by atoms with Crippen LogP contribution in [0.4, 0.5) is 23.0 Å². The number of hydrogen-bond acceptors (Lipinski definition) is 5. The zero-order valence-corrected chi connectivity index (χ0v) is 15.4. The highest BCUT2D eigenvalue weighted by Gasteiger charge is 2.07. The van der Waals surface area contributed by atoms with Crippen molar-refractivity contribution >= 4 is 28.9 Å². The molecule has 0 atom stereocenters. The third kappa shape index (κ3) is 5.74. The van der Waals surface area contributed by atoms with Gasteiger partial charge in [0.05, 0.1) is 0 Å². The van der Waals surface area contributed by atoms with Gasteiger partial charge in [-0.25, -0.2) is 0 Å². The molecule has 2 aromatic rings. The van der Waals surface area contributed by atoms with Crippen molar-refractivity contribution in [1.29, 1.82) is 0 Å². The summed E-state index contributed by atoms with van der Waals surface area (Å²) in [4.78, 5) is 14.0. The van der Waals surface area contributed by atoms with Crippen LogP contribution in [0.5, 0.6) is 0 Å². The Morgan fingerprint density at radius 1 is 1.00 bits per heavy atom. The summed E-state index contributed by atoms with van der Waals surface area (Å²) < 4.78 is 0. The molecule has 1 aromatic heterocycles. The van der Waals surface area contributed by atoms with Gasteiger partial charge in [0.15, 0.2) is 11.6 Å². The van der Waals surface area contributed by atoms with Crippen LogP contribution >= 0.6 is 0 Å². The first-order chi connectivity index (χ1) is 12.0. The van der Waals surface area contributed by atoms with Crippen molar-refractivity contribution in [2.24, 2.45) is 5.92 Å². The summed E-state index contributed by atoms with van der Waals surface area (Å²) in [5, 5.41) is 14.1. The molecule has 1 heterocycles. The molecule has 0 saturated heterocycles. The predicted octanol–water partition coefficient (Wildman–Crippen LogP) is 4.05. The standard InChI is InChI=1S/C19H27N5O/c1-5-24(6-2)16-9-7-15(8-10-16)20-17-11-12-18(23-22-17)21-19(25)13-14(3)4/h7-12,14H,5-6,13H2,1-4H3,(H,20,22)(H,21,23,25). The monoisotopic (exact) mass is 341 g/mol. The van der Waals surface area contributed by atoms with Gasteiger partial charge in [-0.2, -0.15) is 0 Å². The van der Waals surface area contributed by atoms with Gasteiger partial charge in [-0.1, -0.05) is 13.8 Å². The molecule has 1 amide bonds. The minimum atomic E-state index is -0.0444. The molecule has 0 unspecified atom stereocenters. The average Bonchev–Trinajstić information content (AvgIpc) is 2.58. The van der Waals surface area contributed by atoms with Crippen LogP contribution in [0.15, 0.2) is 36.4 Å². The molecule has 1 aromatic carbocycles. The van der Waals surface area contributed by atoms with E-state index in [1.165, 1.54) is 5.69 Å². The lowest BCUT2D eigenvalue weighted by Gasteiger charge is -2.21. The van der Waals surface area contributed by atoms with Gasteiger partial charge < -0.3 is 15.5 Å². The molecule has 134 valence electrons. The molecular formula is C19H27N5O. The molecule has 6 heteroatoms. The quantitative estimate of drug-likeness (QED) is 0.758. The maximum atomic E-state index is 11.7. The van der Waals surface area contributed by atoms with E-state index in [0.29, 0.717) is 24.0 Å². The number of carbonyl (C=O) groups is 1. The lowest BCUT2D eigenvalue weighted by molar-refractivity contribution is -0.116. The van der Waals surface area contributed by atoms with E-state index in [0.717, 1.165) is 18.8 Å². The second-order valence-corrected chi connectivity index (χ2v) is 6.29. The zero-order chi connectivity index (χ0) is 18.2. The minimum Gasteiger partial charge on any atom is -0.372 e. The van der Waals surface area contributed by atoms with Gasteiger partial charge in [-0.05, 0) is 56.2 Å². The summed E-state index contributed by atoms with van der Waals surface area (Å²) in [6, 6.07) is 11.8. The third-order valence-electron chi connectivity index (χ3n) is 3.79. The molecule has 0 radical (unpaired) electrons. The van der Waals surface area contributed by atoms with Crippen LogP contribution < -0.4 is 15.5 Å². The Kier molecular flexibility index (Phi) is 6.74. The van der Waals surface area contributed by atoms with Crippen molar-refractivity contribution < 1.29 is 4.79 Å². The molecule has 2 rings (SSSR count). The first kappa shape index (κ1) is 18.7. The van der Waals surface area contributed by atoms with E-state index in [1.54, 1.807) is 12.1 Å².